The average molecular weight is 287 g/mol. The van der Waals surface area contributed by atoms with E-state index in [9.17, 15) is 14.4 Å². The molecule has 0 unspecified atom stereocenters. The fraction of sp³-hybridized carbons (Fsp3) is 0.545. The van der Waals surface area contributed by atoms with E-state index in [-0.39, 0.29) is 44.8 Å². The fourth-order valence-corrected chi connectivity index (χ4v) is 1.91. The van der Waals surface area contributed by atoms with Gasteiger partial charge < -0.3 is 15.3 Å². The van der Waals surface area contributed by atoms with E-state index in [2.05, 4.69) is 0 Å². The lowest BCUT2D eigenvalue weighted by Gasteiger charge is -2.14. The largest absolute Gasteiger partial charge is 0.396 e. The second-order valence-electron chi connectivity index (χ2n) is 4.00. The van der Waals surface area contributed by atoms with Crippen LogP contribution in [-0.4, -0.2) is 49.7 Å². The summed E-state index contributed by atoms with van der Waals surface area (Å²) in [7, 11) is 0. The molecule has 5 N–H and O–H groups in total. The Morgan fingerprint density at radius 2 is 1.30 bits per heavy atom. The second kappa shape index (κ2) is 7.58. The molecule has 1 aromatic heterocycles. The Morgan fingerprint density at radius 3 is 1.70 bits per heavy atom. The zero-order chi connectivity index (χ0) is 15.1. The van der Waals surface area contributed by atoms with Gasteiger partial charge in [0.2, 0.25) is 0 Å². The lowest BCUT2D eigenvalue weighted by atomic mass is 10.1. The molecule has 0 aliphatic rings. The topological polar surface area (TPSA) is 148 Å². The fourth-order valence-electron chi connectivity index (χ4n) is 1.91. The molecule has 0 atom stereocenters. The molecule has 1 heterocycles. The third kappa shape index (κ3) is 3.76. The molecule has 20 heavy (non-hydrogen) atoms. The third-order valence-corrected chi connectivity index (χ3v) is 2.70. The van der Waals surface area contributed by atoms with Crippen molar-refractivity contribution < 1.29 is 15.3 Å². The Morgan fingerprint density at radius 1 is 0.850 bits per heavy atom. The first-order valence-corrected chi connectivity index (χ1v) is 6.04. The summed E-state index contributed by atoms with van der Waals surface area (Å²) in [6, 6.07) is 0. The molecule has 0 radical (unpaired) electrons. The first-order valence-electron chi connectivity index (χ1n) is 6.04. The van der Waals surface area contributed by atoms with Gasteiger partial charge in [-0.3, -0.25) is 9.97 Å². The molecule has 0 fully saturated rings. The van der Waals surface area contributed by atoms with Crippen molar-refractivity contribution in [3.05, 3.63) is 37.0 Å². The van der Waals surface area contributed by atoms with Gasteiger partial charge in [0.15, 0.2) is 0 Å². The highest BCUT2D eigenvalue weighted by Gasteiger charge is 2.13. The van der Waals surface area contributed by atoms with Crippen LogP contribution < -0.4 is 17.1 Å². The van der Waals surface area contributed by atoms with Crippen LogP contribution in [0.2, 0.25) is 0 Å². The Labute approximate surface area is 112 Å². The van der Waals surface area contributed by atoms with Gasteiger partial charge in [-0.2, -0.15) is 0 Å². The van der Waals surface area contributed by atoms with E-state index in [0.29, 0.717) is 10.1 Å². The maximum Gasteiger partial charge on any atom is 0.338 e. The van der Waals surface area contributed by atoms with E-state index in [1.165, 1.54) is 0 Å². The van der Waals surface area contributed by atoms with Crippen molar-refractivity contribution in [1.29, 1.82) is 0 Å². The minimum Gasteiger partial charge on any atom is -0.396 e. The summed E-state index contributed by atoms with van der Waals surface area (Å²) in [6.07, 6.45) is 0.256. The van der Waals surface area contributed by atoms with Crippen LogP contribution in [0.5, 0.6) is 0 Å². The SMILES string of the molecule is O=c1[nH]c(=O)n(C(CCO)=C(CCO)CCO)c(=O)[nH]1. The van der Waals surface area contributed by atoms with Gasteiger partial charge in [0.1, 0.15) is 0 Å². The van der Waals surface area contributed by atoms with Gasteiger partial charge in [-0.15, -0.1) is 0 Å². The summed E-state index contributed by atoms with van der Waals surface area (Å²) in [5.41, 5.74) is -2.17. The van der Waals surface area contributed by atoms with E-state index in [4.69, 9.17) is 15.3 Å². The number of nitrogens with zero attached hydrogens (tertiary/aromatic N) is 1. The number of hydrogen-bond donors (Lipinski definition) is 5. The van der Waals surface area contributed by atoms with Crippen LogP contribution >= 0.6 is 0 Å². The van der Waals surface area contributed by atoms with E-state index in [1.54, 1.807) is 0 Å². The summed E-state index contributed by atoms with van der Waals surface area (Å²) in [6.45, 7) is -0.804. The quantitative estimate of drug-likeness (QED) is 0.377. The Bertz CT molecular complexity index is 596. The number of aromatic nitrogens is 3. The highest BCUT2D eigenvalue weighted by Crippen LogP contribution is 2.17. The van der Waals surface area contributed by atoms with E-state index < -0.39 is 17.1 Å². The van der Waals surface area contributed by atoms with E-state index in [1.807, 2.05) is 9.97 Å². The number of aliphatic hydroxyl groups is 3. The second-order valence-corrected chi connectivity index (χ2v) is 4.00. The third-order valence-electron chi connectivity index (χ3n) is 2.70. The number of aromatic amines is 2. The van der Waals surface area contributed by atoms with Gasteiger partial charge in [-0.1, -0.05) is 0 Å². The molecule has 0 aliphatic carbocycles. The van der Waals surface area contributed by atoms with Crippen LogP contribution in [0.1, 0.15) is 19.3 Å². The highest BCUT2D eigenvalue weighted by atomic mass is 16.3. The van der Waals surface area contributed by atoms with Gasteiger partial charge in [-0.05, 0) is 18.4 Å². The van der Waals surface area contributed by atoms with Crippen molar-refractivity contribution in [1.82, 2.24) is 14.5 Å². The highest BCUT2D eigenvalue weighted by molar-refractivity contribution is 5.50. The van der Waals surface area contributed by atoms with Crippen LogP contribution in [0, 0.1) is 0 Å². The van der Waals surface area contributed by atoms with Crippen molar-refractivity contribution >= 4 is 5.70 Å². The summed E-state index contributed by atoms with van der Waals surface area (Å²) >= 11 is 0. The molecule has 0 aromatic carbocycles. The molecule has 1 aromatic rings. The molecule has 0 amide bonds. The summed E-state index contributed by atoms with van der Waals surface area (Å²) in [4.78, 5) is 38.3. The maximum atomic E-state index is 11.7. The van der Waals surface area contributed by atoms with E-state index >= 15 is 0 Å². The maximum absolute atomic E-state index is 11.7. The van der Waals surface area contributed by atoms with E-state index in [0.717, 1.165) is 0 Å². The number of H-pyrrole nitrogens is 2. The van der Waals surface area contributed by atoms with Gasteiger partial charge >= 0.3 is 17.1 Å². The summed E-state index contributed by atoms with van der Waals surface area (Å²) in [5, 5.41) is 27.1. The molecule has 0 spiro atoms. The first-order chi connectivity index (χ1) is 9.54. The number of nitrogens with one attached hydrogen (secondary N) is 2. The minimum atomic E-state index is -0.935. The lowest BCUT2D eigenvalue weighted by Crippen LogP contribution is -2.43. The Balaban J connectivity index is 3.54. The molecule has 0 aliphatic heterocycles. The van der Waals surface area contributed by atoms with Crippen LogP contribution in [0.15, 0.2) is 20.0 Å². The molecule has 112 valence electrons. The summed E-state index contributed by atoms with van der Waals surface area (Å²) < 4.78 is 0.693. The van der Waals surface area contributed by atoms with Gasteiger partial charge in [-0.25, -0.2) is 19.0 Å². The zero-order valence-electron chi connectivity index (χ0n) is 10.8. The molecular weight excluding hydrogens is 270 g/mol. The van der Waals surface area contributed by atoms with Gasteiger partial charge in [0, 0.05) is 31.9 Å². The summed E-state index contributed by atoms with van der Waals surface area (Å²) in [5.74, 6) is 0. The zero-order valence-corrected chi connectivity index (χ0v) is 10.8. The van der Waals surface area contributed by atoms with Crippen LogP contribution in [-0.2, 0) is 0 Å². The molecule has 1 rings (SSSR count). The molecular formula is C11H17N3O6. The molecule has 9 nitrogen and oxygen atoms in total. The van der Waals surface area contributed by atoms with Crippen molar-refractivity contribution in [3.63, 3.8) is 0 Å². The van der Waals surface area contributed by atoms with Crippen LogP contribution in [0.3, 0.4) is 0 Å². The van der Waals surface area contributed by atoms with Crippen molar-refractivity contribution in [2.75, 3.05) is 19.8 Å². The lowest BCUT2D eigenvalue weighted by molar-refractivity contribution is 0.278. The first kappa shape index (κ1) is 16.1. The van der Waals surface area contributed by atoms with Gasteiger partial charge in [0.25, 0.3) is 0 Å². The van der Waals surface area contributed by atoms with Crippen molar-refractivity contribution in [3.8, 4) is 0 Å². The number of hydrogen-bond acceptors (Lipinski definition) is 6. The number of aliphatic hydroxyl groups excluding tert-OH is 3. The molecule has 0 saturated heterocycles. The van der Waals surface area contributed by atoms with Crippen LogP contribution in [0.4, 0.5) is 0 Å². The predicted octanol–water partition coefficient (Wildman–Crippen LogP) is -2.42. The molecule has 9 heteroatoms. The Kier molecular flexibility index (Phi) is 6.10. The van der Waals surface area contributed by atoms with Crippen molar-refractivity contribution in [2.45, 2.75) is 19.3 Å². The number of rotatable bonds is 7. The predicted molar refractivity (Wildman–Crippen MR) is 70.3 cm³/mol. The minimum absolute atomic E-state index is 0.0234. The standard InChI is InChI=1S/C11H17N3O6/c15-4-1-7(2-5-16)8(3-6-17)14-10(19)12-9(18)13-11(14)20/h15-17H,1-6H2,(H2,12,13,18,19,20). The smallest absolute Gasteiger partial charge is 0.338 e. The molecule has 0 bridgehead atoms. The average Bonchev–Trinajstić information content (AvgIpc) is 2.36. The van der Waals surface area contributed by atoms with Crippen LogP contribution in [0.25, 0.3) is 5.70 Å². The van der Waals surface area contributed by atoms with Gasteiger partial charge in [0.05, 0.1) is 0 Å². The Hall–Kier alpha value is -1.97. The normalized spacial score (nSPS) is 10.6. The molecule has 0 saturated carbocycles. The van der Waals surface area contributed by atoms with Crippen molar-refractivity contribution in [2.24, 2.45) is 0 Å². The monoisotopic (exact) mass is 287 g/mol.